The van der Waals surface area contributed by atoms with Gasteiger partial charge in [0.2, 0.25) is 5.78 Å². The molecule has 6 heteroatoms. The van der Waals surface area contributed by atoms with Gasteiger partial charge in [-0.3, -0.25) is 9.36 Å². The van der Waals surface area contributed by atoms with Crippen molar-refractivity contribution in [2.24, 2.45) is 0 Å². The van der Waals surface area contributed by atoms with E-state index in [1.165, 1.54) is 0 Å². The maximum atomic E-state index is 13.6. The molecule has 0 bridgehead atoms. The Morgan fingerprint density at radius 2 is 1.83 bits per heavy atom. The Hall–Kier alpha value is -1.29. The van der Waals surface area contributed by atoms with E-state index in [9.17, 15) is 13.8 Å². The number of allylic oxidation sites excluding steroid dienone is 1. The van der Waals surface area contributed by atoms with Crippen molar-refractivity contribution >= 4 is 19.5 Å². The molecular formula is C12H14FO4P. The van der Waals surface area contributed by atoms with Crippen LogP contribution in [0, 0.1) is 0 Å². The van der Waals surface area contributed by atoms with Crippen molar-refractivity contribution in [1.29, 1.82) is 0 Å². The molecule has 4 nitrogen and oxygen atoms in total. The topological polar surface area (TPSA) is 52.6 Å². The first-order valence-corrected chi connectivity index (χ1v) is 6.89. The normalized spacial score (nSPS) is 12.5. The van der Waals surface area contributed by atoms with Crippen molar-refractivity contribution in [1.82, 2.24) is 0 Å². The number of halogens is 1. The van der Waals surface area contributed by atoms with E-state index < -0.39 is 25.4 Å². The predicted octanol–water partition coefficient (Wildman–Crippen LogP) is 3.05. The first kappa shape index (κ1) is 14.8. The van der Waals surface area contributed by atoms with Crippen molar-refractivity contribution in [3.8, 4) is 0 Å². The predicted molar refractivity (Wildman–Crippen MR) is 67.0 cm³/mol. The van der Waals surface area contributed by atoms with Crippen LogP contribution in [0.5, 0.6) is 0 Å². The number of hydrogen-bond acceptors (Lipinski definition) is 4. The summed E-state index contributed by atoms with van der Waals surface area (Å²) in [7, 11) is -1.23. The lowest BCUT2D eigenvalue weighted by Gasteiger charge is -2.11. The van der Waals surface area contributed by atoms with E-state index in [4.69, 9.17) is 0 Å². The quantitative estimate of drug-likeness (QED) is 0.590. The van der Waals surface area contributed by atoms with Gasteiger partial charge in [-0.2, -0.15) is 0 Å². The van der Waals surface area contributed by atoms with Gasteiger partial charge in [0.15, 0.2) is 5.83 Å². The van der Waals surface area contributed by atoms with Crippen LogP contribution in [-0.4, -0.2) is 26.2 Å². The molecule has 0 amide bonds. The van der Waals surface area contributed by atoms with Gasteiger partial charge in [0, 0.05) is 14.2 Å². The molecule has 0 saturated heterocycles. The molecule has 0 N–H and O–H groups in total. The molecule has 0 aliphatic carbocycles. The van der Waals surface area contributed by atoms with E-state index >= 15 is 0 Å². The summed E-state index contributed by atoms with van der Waals surface area (Å²) in [5, 5.41) is 0. The van der Waals surface area contributed by atoms with Crippen molar-refractivity contribution in [2.75, 3.05) is 20.4 Å². The highest BCUT2D eigenvalue weighted by Gasteiger charge is 2.27. The Morgan fingerprint density at radius 1 is 1.28 bits per heavy atom. The largest absolute Gasteiger partial charge is 0.337 e. The zero-order valence-corrected chi connectivity index (χ0v) is 11.0. The molecular weight excluding hydrogens is 258 g/mol. The molecule has 1 aromatic carbocycles. The standard InChI is InChI=1S/C12H14FO4P/c1-16-18(15,17-2)9-12(14)11(13)8-10-6-4-3-5-7-10/h3-8H,9H2,1-2H3/b11-8-. The second kappa shape index (κ2) is 6.59. The minimum absolute atomic E-state index is 0.549. The molecule has 0 spiro atoms. The Bertz CT molecular complexity index is 476. The fourth-order valence-electron chi connectivity index (χ4n) is 1.23. The first-order valence-electron chi connectivity index (χ1n) is 5.17. The van der Waals surface area contributed by atoms with Gasteiger partial charge in [-0.25, -0.2) is 4.39 Å². The lowest BCUT2D eigenvalue weighted by molar-refractivity contribution is -0.114. The zero-order chi connectivity index (χ0) is 13.6. The van der Waals surface area contributed by atoms with Gasteiger partial charge >= 0.3 is 7.60 Å². The Balaban J connectivity index is 2.79. The number of ketones is 1. The van der Waals surface area contributed by atoms with Crippen LogP contribution in [0.4, 0.5) is 4.39 Å². The smallest absolute Gasteiger partial charge is 0.312 e. The molecule has 98 valence electrons. The summed E-state index contributed by atoms with van der Waals surface area (Å²) in [5.41, 5.74) is 0.549. The fourth-order valence-corrected chi connectivity index (χ4v) is 2.14. The van der Waals surface area contributed by atoms with Crippen molar-refractivity contribution in [2.45, 2.75) is 0 Å². The SMILES string of the molecule is COP(=O)(CC(=O)/C(F)=C/c1ccccc1)OC. The first-order chi connectivity index (χ1) is 8.50. The second-order valence-electron chi connectivity index (χ2n) is 3.46. The highest BCUT2D eigenvalue weighted by atomic mass is 31.2. The maximum absolute atomic E-state index is 13.6. The average Bonchev–Trinajstić information content (AvgIpc) is 2.39. The van der Waals surface area contributed by atoms with Gasteiger partial charge < -0.3 is 9.05 Å². The van der Waals surface area contributed by atoms with Crippen LogP contribution in [0.15, 0.2) is 36.2 Å². The highest BCUT2D eigenvalue weighted by Crippen LogP contribution is 2.46. The number of hydrogen-bond donors (Lipinski definition) is 0. The van der Waals surface area contributed by atoms with E-state index in [1.807, 2.05) is 0 Å². The number of rotatable bonds is 6. The van der Waals surface area contributed by atoms with Crippen LogP contribution in [0.3, 0.4) is 0 Å². The van der Waals surface area contributed by atoms with Gasteiger partial charge in [-0.05, 0) is 11.6 Å². The van der Waals surface area contributed by atoms with E-state index in [1.54, 1.807) is 30.3 Å². The molecule has 1 rings (SSSR count). The molecule has 0 aromatic heterocycles. The molecule has 0 unspecified atom stereocenters. The zero-order valence-electron chi connectivity index (χ0n) is 10.1. The van der Waals surface area contributed by atoms with Crippen LogP contribution in [0.2, 0.25) is 0 Å². The third-order valence-corrected chi connectivity index (χ3v) is 4.04. The highest BCUT2D eigenvalue weighted by molar-refractivity contribution is 7.54. The third kappa shape index (κ3) is 4.18. The molecule has 1 aromatic rings. The lowest BCUT2D eigenvalue weighted by atomic mass is 10.2. The molecule has 0 aliphatic heterocycles. The number of carbonyl (C=O) groups is 1. The van der Waals surface area contributed by atoms with Crippen LogP contribution in [0.25, 0.3) is 6.08 Å². The van der Waals surface area contributed by atoms with Gasteiger partial charge in [0.1, 0.15) is 6.16 Å². The van der Waals surface area contributed by atoms with Crippen LogP contribution < -0.4 is 0 Å². The van der Waals surface area contributed by atoms with Crippen LogP contribution in [-0.2, 0) is 18.4 Å². The summed E-state index contributed by atoms with van der Waals surface area (Å²) in [6.45, 7) is 0. The van der Waals surface area contributed by atoms with E-state index in [0.717, 1.165) is 20.3 Å². The third-order valence-electron chi connectivity index (χ3n) is 2.25. The van der Waals surface area contributed by atoms with E-state index in [-0.39, 0.29) is 0 Å². The fraction of sp³-hybridized carbons (Fsp3) is 0.250. The van der Waals surface area contributed by atoms with Gasteiger partial charge in [-0.15, -0.1) is 0 Å². The van der Waals surface area contributed by atoms with Gasteiger partial charge in [0.25, 0.3) is 0 Å². The summed E-state index contributed by atoms with van der Waals surface area (Å²) >= 11 is 0. The summed E-state index contributed by atoms with van der Waals surface area (Å²) < 4.78 is 34.4. The Morgan fingerprint density at radius 3 is 2.33 bits per heavy atom. The minimum atomic E-state index is -3.53. The van der Waals surface area contributed by atoms with E-state index in [0.29, 0.717) is 5.56 Å². The molecule has 0 fully saturated rings. The maximum Gasteiger partial charge on any atom is 0.337 e. The summed E-state index contributed by atoms with van der Waals surface area (Å²) in [6, 6.07) is 8.52. The van der Waals surface area contributed by atoms with Gasteiger partial charge in [0.05, 0.1) is 0 Å². The van der Waals surface area contributed by atoms with E-state index in [2.05, 4.69) is 9.05 Å². The van der Waals surface area contributed by atoms with Crippen molar-refractivity contribution in [3.05, 3.63) is 41.7 Å². The van der Waals surface area contributed by atoms with Crippen LogP contribution in [0.1, 0.15) is 5.56 Å². The average molecular weight is 272 g/mol. The lowest BCUT2D eigenvalue weighted by Crippen LogP contribution is -2.08. The Kier molecular flexibility index (Phi) is 5.41. The molecule has 0 radical (unpaired) electrons. The monoisotopic (exact) mass is 272 g/mol. The van der Waals surface area contributed by atoms with Gasteiger partial charge in [-0.1, -0.05) is 30.3 Å². The summed E-state index contributed by atoms with van der Waals surface area (Å²) in [6.07, 6.45) is 0.465. The second-order valence-corrected chi connectivity index (χ2v) is 5.73. The summed E-state index contributed by atoms with van der Waals surface area (Å²) in [5.74, 6) is -1.89. The van der Waals surface area contributed by atoms with Crippen molar-refractivity contribution in [3.63, 3.8) is 0 Å². The molecule has 0 atom stereocenters. The Labute approximate surface area is 105 Å². The number of benzene rings is 1. The minimum Gasteiger partial charge on any atom is -0.312 e. The molecule has 0 heterocycles. The number of Topliss-reactive ketones (excluding diaryl/α,β-unsaturated/α-hetero) is 1. The number of carbonyl (C=O) groups excluding carboxylic acids is 1. The molecule has 0 saturated carbocycles. The van der Waals surface area contributed by atoms with Crippen molar-refractivity contribution < 1.29 is 22.8 Å². The van der Waals surface area contributed by atoms with Crippen LogP contribution >= 0.6 is 7.60 Å². The molecule has 18 heavy (non-hydrogen) atoms. The summed E-state index contributed by atoms with van der Waals surface area (Å²) in [4.78, 5) is 11.5. The molecule has 0 aliphatic rings.